The molecule has 1 aliphatic heterocycles. The summed E-state index contributed by atoms with van der Waals surface area (Å²) in [6, 6.07) is 9.07. The van der Waals surface area contributed by atoms with Gasteiger partial charge in [0.1, 0.15) is 0 Å². The molecule has 3 rings (SSSR count). The Morgan fingerprint density at radius 1 is 1.07 bits per heavy atom. The number of hydrogen-bond donors (Lipinski definition) is 1. The summed E-state index contributed by atoms with van der Waals surface area (Å²) in [6.07, 6.45) is 12.1. The maximum absolute atomic E-state index is 3.48. The fourth-order valence-corrected chi connectivity index (χ4v) is 2.33. The van der Waals surface area contributed by atoms with Gasteiger partial charge in [0.05, 0.1) is 0 Å². The third-order valence-electron chi connectivity index (χ3n) is 3.19. The highest BCUT2D eigenvalue weighted by Crippen LogP contribution is 2.19. The van der Waals surface area contributed by atoms with Gasteiger partial charge in [0.15, 0.2) is 12.3 Å². The van der Waals surface area contributed by atoms with Crippen molar-refractivity contribution in [2.45, 2.75) is 12.5 Å². The molecule has 1 aromatic rings. The van der Waals surface area contributed by atoms with Gasteiger partial charge in [-0.25, -0.2) is 4.99 Å². The molecule has 74 valence electrons. The van der Waals surface area contributed by atoms with Crippen LogP contribution >= 0.6 is 0 Å². The first-order chi connectivity index (χ1) is 7.43. The van der Waals surface area contributed by atoms with Crippen molar-refractivity contribution in [3.8, 4) is 0 Å². The van der Waals surface area contributed by atoms with E-state index in [-0.39, 0.29) is 0 Å². The molecule has 0 aromatic heterocycles. The minimum Gasteiger partial charge on any atom is -0.241 e. The Morgan fingerprint density at radius 3 is 2.93 bits per heavy atom. The summed E-state index contributed by atoms with van der Waals surface area (Å²) in [6.45, 7) is 0. The van der Waals surface area contributed by atoms with Crippen LogP contribution in [0.3, 0.4) is 0 Å². The third kappa shape index (κ3) is 1.54. The molecule has 1 heterocycles. The molecule has 2 aliphatic rings. The molecule has 15 heavy (non-hydrogen) atoms. The van der Waals surface area contributed by atoms with Crippen LogP contribution in [-0.4, -0.2) is 12.3 Å². The van der Waals surface area contributed by atoms with Crippen LogP contribution in [-0.2, 0) is 6.42 Å². The number of hydrogen-bond acceptors (Lipinski definition) is 0. The smallest absolute Gasteiger partial charge is 0.175 e. The Balaban J connectivity index is 2.04. The van der Waals surface area contributed by atoms with Crippen LogP contribution < -0.4 is 4.99 Å². The largest absolute Gasteiger partial charge is 0.241 e. The molecule has 0 spiro atoms. The van der Waals surface area contributed by atoms with Gasteiger partial charge in [-0.05, 0) is 24.1 Å². The van der Waals surface area contributed by atoms with Gasteiger partial charge < -0.3 is 0 Å². The lowest BCUT2D eigenvalue weighted by Gasteiger charge is -2.14. The Bertz CT molecular complexity index is 454. The van der Waals surface area contributed by atoms with E-state index in [9.17, 15) is 0 Å². The van der Waals surface area contributed by atoms with Gasteiger partial charge in [-0.2, -0.15) is 0 Å². The molecule has 2 atom stereocenters. The van der Waals surface area contributed by atoms with Crippen LogP contribution in [0.5, 0.6) is 0 Å². The molecule has 1 N–H and O–H groups in total. The van der Waals surface area contributed by atoms with Gasteiger partial charge in [0.2, 0.25) is 0 Å². The SMILES string of the molecule is C1=CC2Cc3ccccc3C=[NH+]C2C=C1. The first-order valence-electron chi connectivity index (χ1n) is 5.46. The van der Waals surface area contributed by atoms with Gasteiger partial charge in [-0.15, -0.1) is 0 Å². The molecule has 0 amide bonds. The summed E-state index contributed by atoms with van der Waals surface area (Å²) in [5.41, 5.74) is 2.77. The number of nitrogens with one attached hydrogen (secondary N) is 1. The average molecular weight is 196 g/mol. The molecular formula is C14H14N+. The normalized spacial score (nSPS) is 26.9. The molecule has 0 radical (unpaired) electrons. The number of benzene rings is 1. The fraction of sp³-hybridized carbons (Fsp3) is 0.214. The summed E-state index contributed by atoms with van der Waals surface area (Å²) >= 11 is 0. The molecular weight excluding hydrogens is 182 g/mol. The fourth-order valence-electron chi connectivity index (χ4n) is 2.33. The predicted octanol–water partition coefficient (Wildman–Crippen LogP) is 0.853. The van der Waals surface area contributed by atoms with Gasteiger partial charge in [0.25, 0.3) is 0 Å². The lowest BCUT2D eigenvalue weighted by atomic mass is 9.89. The van der Waals surface area contributed by atoms with Gasteiger partial charge in [-0.1, -0.05) is 36.4 Å². The van der Waals surface area contributed by atoms with Crippen molar-refractivity contribution in [2.75, 3.05) is 0 Å². The van der Waals surface area contributed by atoms with Crippen molar-refractivity contribution in [1.29, 1.82) is 0 Å². The van der Waals surface area contributed by atoms with Crippen LogP contribution in [0.25, 0.3) is 0 Å². The van der Waals surface area contributed by atoms with E-state index in [1.54, 1.807) is 0 Å². The summed E-state index contributed by atoms with van der Waals surface area (Å²) in [5, 5.41) is 0. The van der Waals surface area contributed by atoms with E-state index < -0.39 is 0 Å². The first-order valence-corrected chi connectivity index (χ1v) is 5.46. The molecule has 0 bridgehead atoms. The molecule has 1 aromatic carbocycles. The molecule has 0 saturated heterocycles. The third-order valence-corrected chi connectivity index (χ3v) is 3.19. The Kier molecular flexibility index (Phi) is 2.02. The second kappa shape index (κ2) is 3.50. The molecule has 1 aliphatic carbocycles. The van der Waals surface area contributed by atoms with E-state index in [0.717, 1.165) is 6.42 Å². The van der Waals surface area contributed by atoms with E-state index in [1.807, 2.05) is 0 Å². The lowest BCUT2D eigenvalue weighted by Crippen LogP contribution is -2.77. The first kappa shape index (κ1) is 8.66. The quantitative estimate of drug-likeness (QED) is 0.632. The van der Waals surface area contributed by atoms with Gasteiger partial charge in [0, 0.05) is 11.5 Å². The Labute approximate surface area is 89.9 Å². The molecule has 0 saturated carbocycles. The average Bonchev–Trinajstić information content (AvgIpc) is 2.48. The molecule has 2 unspecified atom stereocenters. The number of fused-ring (bicyclic) bond motifs is 2. The molecule has 0 fully saturated rings. The van der Waals surface area contributed by atoms with Gasteiger partial charge in [-0.3, -0.25) is 0 Å². The highest BCUT2D eigenvalue weighted by Gasteiger charge is 2.25. The van der Waals surface area contributed by atoms with Crippen molar-refractivity contribution in [1.82, 2.24) is 0 Å². The van der Waals surface area contributed by atoms with E-state index in [1.165, 1.54) is 11.1 Å². The second-order valence-corrected chi connectivity index (χ2v) is 4.17. The van der Waals surface area contributed by atoms with Gasteiger partial charge >= 0.3 is 0 Å². The minimum absolute atomic E-state index is 0.461. The zero-order valence-electron chi connectivity index (χ0n) is 8.56. The van der Waals surface area contributed by atoms with Crippen LogP contribution in [0, 0.1) is 5.92 Å². The van der Waals surface area contributed by atoms with E-state index in [2.05, 4.69) is 59.8 Å². The number of rotatable bonds is 0. The standard InChI is InChI=1S/C14H13N/c1-2-7-13-10-15-14-8-4-3-6-12(14)9-11(13)5-1/h1-8,10,12,14H,9H2/p+1. The molecule has 1 nitrogen and oxygen atoms in total. The van der Waals surface area contributed by atoms with Crippen LogP contribution in [0.1, 0.15) is 11.1 Å². The summed E-state index contributed by atoms with van der Waals surface area (Å²) < 4.78 is 0. The highest BCUT2D eigenvalue weighted by molar-refractivity contribution is 5.77. The van der Waals surface area contributed by atoms with Crippen LogP contribution in [0.15, 0.2) is 48.6 Å². The monoisotopic (exact) mass is 196 g/mol. The summed E-state index contributed by atoms with van der Waals surface area (Å²) in [4.78, 5) is 3.48. The van der Waals surface area contributed by atoms with Crippen molar-refractivity contribution in [3.63, 3.8) is 0 Å². The Hall–Kier alpha value is -1.63. The van der Waals surface area contributed by atoms with Crippen molar-refractivity contribution >= 4 is 6.21 Å². The summed E-state index contributed by atoms with van der Waals surface area (Å²) in [7, 11) is 0. The topological polar surface area (TPSA) is 14.0 Å². The Morgan fingerprint density at radius 2 is 1.93 bits per heavy atom. The zero-order valence-corrected chi connectivity index (χ0v) is 8.56. The predicted molar refractivity (Wildman–Crippen MR) is 61.8 cm³/mol. The second-order valence-electron chi connectivity index (χ2n) is 4.17. The van der Waals surface area contributed by atoms with Crippen molar-refractivity contribution in [2.24, 2.45) is 5.92 Å². The minimum atomic E-state index is 0.461. The maximum Gasteiger partial charge on any atom is 0.175 e. The molecule has 1 heteroatoms. The number of allylic oxidation sites excluding steroid dienone is 2. The lowest BCUT2D eigenvalue weighted by molar-refractivity contribution is -0.490. The van der Waals surface area contributed by atoms with E-state index in [0.29, 0.717) is 12.0 Å². The highest BCUT2D eigenvalue weighted by atomic mass is 14.8. The van der Waals surface area contributed by atoms with Crippen molar-refractivity contribution < 1.29 is 4.99 Å². The maximum atomic E-state index is 3.48. The van der Waals surface area contributed by atoms with E-state index >= 15 is 0 Å². The zero-order chi connectivity index (χ0) is 10.1. The summed E-state index contributed by atoms with van der Waals surface area (Å²) in [5.74, 6) is 0.592. The van der Waals surface area contributed by atoms with Crippen LogP contribution in [0.2, 0.25) is 0 Å². The van der Waals surface area contributed by atoms with Crippen LogP contribution in [0.4, 0.5) is 0 Å². The van der Waals surface area contributed by atoms with E-state index in [4.69, 9.17) is 0 Å². The van der Waals surface area contributed by atoms with Crippen molar-refractivity contribution in [3.05, 3.63) is 59.7 Å².